The Kier molecular flexibility index (Phi) is 4.49. The molecule has 0 radical (unpaired) electrons. The number of nitrogens with two attached hydrogens (primary N) is 1. The molecule has 0 aliphatic heterocycles. The van der Waals surface area contributed by atoms with E-state index in [-0.39, 0.29) is 0 Å². The smallest absolute Gasteiger partial charge is 0.238 e. The lowest BCUT2D eigenvalue weighted by atomic mass is 10.4. The SMILES string of the molecule is CCOc1nc(Sc2ccccc2Br)ccc1N. The first-order chi connectivity index (χ1) is 8.70. The standard InChI is InChI=1S/C13H13BrN2OS/c1-2-17-13-10(15)7-8-12(16-13)18-11-6-4-3-5-9(11)14/h3-8H,2,15H2,1H3. The third kappa shape index (κ3) is 3.17. The minimum atomic E-state index is 0.495. The Labute approximate surface area is 119 Å². The van der Waals surface area contributed by atoms with Crippen LogP contribution in [-0.4, -0.2) is 11.6 Å². The number of nitrogens with zero attached hydrogens (tertiary/aromatic N) is 1. The highest BCUT2D eigenvalue weighted by Gasteiger charge is 2.07. The fraction of sp³-hybridized carbons (Fsp3) is 0.154. The van der Waals surface area contributed by atoms with E-state index >= 15 is 0 Å². The Bertz CT molecular complexity index is 548. The zero-order chi connectivity index (χ0) is 13.0. The van der Waals surface area contributed by atoms with Crippen LogP contribution in [0.4, 0.5) is 5.69 Å². The number of hydrogen-bond donors (Lipinski definition) is 1. The summed E-state index contributed by atoms with van der Waals surface area (Å²) in [5.41, 5.74) is 6.36. The molecule has 3 nitrogen and oxygen atoms in total. The first kappa shape index (κ1) is 13.2. The van der Waals surface area contributed by atoms with E-state index in [9.17, 15) is 0 Å². The Morgan fingerprint density at radius 1 is 1.28 bits per heavy atom. The predicted molar refractivity (Wildman–Crippen MR) is 78.1 cm³/mol. The van der Waals surface area contributed by atoms with Gasteiger partial charge in [-0.15, -0.1) is 0 Å². The summed E-state index contributed by atoms with van der Waals surface area (Å²) in [5.74, 6) is 0.495. The van der Waals surface area contributed by atoms with Gasteiger partial charge in [0.2, 0.25) is 5.88 Å². The van der Waals surface area contributed by atoms with Crippen LogP contribution in [-0.2, 0) is 0 Å². The molecule has 0 spiro atoms. The van der Waals surface area contributed by atoms with E-state index in [0.29, 0.717) is 18.2 Å². The van der Waals surface area contributed by atoms with Gasteiger partial charge in [0.1, 0.15) is 5.03 Å². The summed E-state index contributed by atoms with van der Waals surface area (Å²) >= 11 is 5.08. The molecule has 0 bridgehead atoms. The molecule has 2 N–H and O–H groups in total. The second-order valence-electron chi connectivity index (χ2n) is 3.51. The molecule has 1 aromatic carbocycles. The second-order valence-corrected chi connectivity index (χ2v) is 5.43. The molecule has 0 amide bonds. The van der Waals surface area contributed by atoms with E-state index in [1.165, 1.54) is 0 Å². The van der Waals surface area contributed by atoms with Crippen LogP contribution in [0.15, 0.2) is 50.8 Å². The summed E-state index contributed by atoms with van der Waals surface area (Å²) < 4.78 is 6.43. The van der Waals surface area contributed by atoms with Gasteiger partial charge in [-0.2, -0.15) is 0 Å². The summed E-state index contributed by atoms with van der Waals surface area (Å²) in [5, 5.41) is 0.861. The van der Waals surface area contributed by atoms with Crippen LogP contribution in [0.3, 0.4) is 0 Å². The Balaban J connectivity index is 2.24. The van der Waals surface area contributed by atoms with Crippen LogP contribution >= 0.6 is 27.7 Å². The van der Waals surface area contributed by atoms with E-state index in [1.807, 2.05) is 43.3 Å². The summed E-state index contributed by atoms with van der Waals surface area (Å²) in [7, 11) is 0. The first-order valence-electron chi connectivity index (χ1n) is 5.52. The van der Waals surface area contributed by atoms with E-state index < -0.39 is 0 Å². The minimum Gasteiger partial charge on any atom is -0.476 e. The Morgan fingerprint density at radius 3 is 2.78 bits per heavy atom. The quantitative estimate of drug-likeness (QED) is 0.924. The van der Waals surface area contributed by atoms with Gasteiger partial charge in [0.15, 0.2) is 0 Å². The lowest BCUT2D eigenvalue weighted by molar-refractivity contribution is 0.326. The minimum absolute atomic E-state index is 0.495. The molecule has 0 aliphatic rings. The molecular weight excluding hydrogens is 312 g/mol. The topological polar surface area (TPSA) is 48.1 Å². The molecule has 1 heterocycles. The van der Waals surface area contributed by atoms with Crippen molar-refractivity contribution in [2.24, 2.45) is 0 Å². The van der Waals surface area contributed by atoms with Crippen molar-refractivity contribution in [1.82, 2.24) is 4.98 Å². The van der Waals surface area contributed by atoms with Crippen LogP contribution in [0.2, 0.25) is 0 Å². The fourth-order valence-electron chi connectivity index (χ4n) is 1.38. The normalized spacial score (nSPS) is 10.3. The average molecular weight is 325 g/mol. The molecule has 5 heteroatoms. The Morgan fingerprint density at radius 2 is 2.06 bits per heavy atom. The van der Waals surface area contributed by atoms with Crippen molar-refractivity contribution < 1.29 is 4.74 Å². The number of halogens is 1. The number of benzene rings is 1. The number of hydrogen-bond acceptors (Lipinski definition) is 4. The highest BCUT2D eigenvalue weighted by atomic mass is 79.9. The van der Waals surface area contributed by atoms with Gasteiger partial charge in [-0.05, 0) is 47.1 Å². The fourth-order valence-corrected chi connectivity index (χ4v) is 2.71. The highest BCUT2D eigenvalue weighted by molar-refractivity contribution is 9.10. The monoisotopic (exact) mass is 324 g/mol. The van der Waals surface area contributed by atoms with E-state index in [0.717, 1.165) is 14.4 Å². The van der Waals surface area contributed by atoms with Crippen molar-refractivity contribution in [2.45, 2.75) is 16.8 Å². The van der Waals surface area contributed by atoms with Gasteiger partial charge in [-0.1, -0.05) is 23.9 Å². The lowest BCUT2D eigenvalue weighted by Gasteiger charge is -2.08. The average Bonchev–Trinajstić information content (AvgIpc) is 2.36. The molecule has 1 aromatic heterocycles. The number of pyridine rings is 1. The second kappa shape index (κ2) is 6.11. The summed E-state index contributed by atoms with van der Waals surface area (Å²) in [6.07, 6.45) is 0. The zero-order valence-electron chi connectivity index (χ0n) is 9.89. The van der Waals surface area contributed by atoms with Crippen LogP contribution in [0.1, 0.15) is 6.92 Å². The first-order valence-corrected chi connectivity index (χ1v) is 7.13. The summed E-state index contributed by atoms with van der Waals surface area (Å²) in [4.78, 5) is 5.50. The van der Waals surface area contributed by atoms with Crippen molar-refractivity contribution in [3.8, 4) is 5.88 Å². The molecule has 0 saturated carbocycles. The molecule has 18 heavy (non-hydrogen) atoms. The van der Waals surface area contributed by atoms with E-state index in [2.05, 4.69) is 20.9 Å². The number of anilines is 1. The van der Waals surface area contributed by atoms with Crippen LogP contribution < -0.4 is 10.5 Å². The van der Waals surface area contributed by atoms with Crippen molar-refractivity contribution in [2.75, 3.05) is 12.3 Å². The van der Waals surface area contributed by atoms with Gasteiger partial charge in [-0.25, -0.2) is 4.98 Å². The van der Waals surface area contributed by atoms with Gasteiger partial charge in [-0.3, -0.25) is 0 Å². The molecule has 0 atom stereocenters. The molecule has 0 saturated heterocycles. The van der Waals surface area contributed by atoms with Gasteiger partial charge in [0.05, 0.1) is 12.3 Å². The van der Waals surface area contributed by atoms with Gasteiger partial charge < -0.3 is 10.5 Å². The molecule has 0 unspecified atom stereocenters. The van der Waals surface area contributed by atoms with Crippen molar-refractivity contribution in [3.63, 3.8) is 0 Å². The molecule has 94 valence electrons. The molecule has 0 fully saturated rings. The van der Waals surface area contributed by atoms with Crippen LogP contribution in [0, 0.1) is 0 Å². The molecular formula is C13H13BrN2OS. The maximum absolute atomic E-state index is 5.79. The zero-order valence-corrected chi connectivity index (χ0v) is 12.3. The van der Waals surface area contributed by atoms with Crippen LogP contribution in [0.5, 0.6) is 5.88 Å². The third-order valence-electron chi connectivity index (χ3n) is 2.20. The number of aromatic nitrogens is 1. The molecule has 0 aliphatic carbocycles. The molecule has 2 rings (SSSR count). The summed E-state index contributed by atoms with van der Waals surface area (Å²) in [6.45, 7) is 2.47. The van der Waals surface area contributed by atoms with Gasteiger partial charge in [0.25, 0.3) is 0 Å². The summed E-state index contributed by atoms with van der Waals surface area (Å²) in [6, 6.07) is 11.7. The van der Waals surface area contributed by atoms with Gasteiger partial charge in [0, 0.05) is 9.37 Å². The number of nitrogen functional groups attached to an aromatic ring is 1. The Hall–Kier alpha value is -1.20. The maximum atomic E-state index is 5.79. The van der Waals surface area contributed by atoms with E-state index in [4.69, 9.17) is 10.5 Å². The van der Waals surface area contributed by atoms with Crippen molar-refractivity contribution in [1.29, 1.82) is 0 Å². The van der Waals surface area contributed by atoms with Crippen molar-refractivity contribution >= 4 is 33.4 Å². The largest absolute Gasteiger partial charge is 0.476 e. The van der Waals surface area contributed by atoms with Crippen LogP contribution in [0.25, 0.3) is 0 Å². The van der Waals surface area contributed by atoms with Gasteiger partial charge >= 0.3 is 0 Å². The molecule has 2 aromatic rings. The van der Waals surface area contributed by atoms with Crippen molar-refractivity contribution in [3.05, 3.63) is 40.9 Å². The van der Waals surface area contributed by atoms with E-state index in [1.54, 1.807) is 11.8 Å². The maximum Gasteiger partial charge on any atom is 0.238 e. The number of ether oxygens (including phenoxy) is 1. The lowest BCUT2D eigenvalue weighted by Crippen LogP contribution is -1.99. The highest BCUT2D eigenvalue weighted by Crippen LogP contribution is 2.34. The third-order valence-corrected chi connectivity index (χ3v) is 4.16. The number of rotatable bonds is 4. The predicted octanol–water partition coefficient (Wildman–Crippen LogP) is 3.98.